The van der Waals surface area contributed by atoms with Crippen LogP contribution in [0.2, 0.25) is 0 Å². The maximum atomic E-state index is 5.19. The van der Waals surface area contributed by atoms with Gasteiger partial charge in [0.15, 0.2) is 5.82 Å². The van der Waals surface area contributed by atoms with Gasteiger partial charge in [0, 0.05) is 31.0 Å². The standard InChI is InChI=1S/C17H23N3O/c1-4-7-15-11-16(18-5-2)20-17(19-15)14-9-6-8-13(10-14)12-21-3/h6,8-11H,4-5,7,12H2,1-3H3,(H,18,19,20). The predicted octanol–water partition coefficient (Wildman–Crippen LogP) is 3.67. The van der Waals surface area contributed by atoms with Crippen LogP contribution in [-0.4, -0.2) is 23.6 Å². The fourth-order valence-electron chi connectivity index (χ4n) is 2.25. The molecule has 0 atom stereocenters. The van der Waals surface area contributed by atoms with Crippen LogP contribution in [0.25, 0.3) is 11.4 Å². The van der Waals surface area contributed by atoms with Crippen LogP contribution in [0.15, 0.2) is 30.3 Å². The number of hydrogen-bond acceptors (Lipinski definition) is 4. The van der Waals surface area contributed by atoms with Gasteiger partial charge in [-0.05, 0) is 25.0 Å². The monoisotopic (exact) mass is 285 g/mol. The number of aryl methyl sites for hydroxylation is 1. The van der Waals surface area contributed by atoms with Crippen molar-refractivity contribution in [1.82, 2.24) is 9.97 Å². The molecule has 4 heteroatoms. The molecule has 1 N–H and O–H groups in total. The summed E-state index contributed by atoms with van der Waals surface area (Å²) in [5.41, 5.74) is 3.24. The lowest BCUT2D eigenvalue weighted by molar-refractivity contribution is 0.185. The van der Waals surface area contributed by atoms with Gasteiger partial charge in [-0.1, -0.05) is 31.5 Å². The Morgan fingerprint density at radius 2 is 2.00 bits per heavy atom. The van der Waals surface area contributed by atoms with Crippen LogP contribution in [0, 0.1) is 0 Å². The summed E-state index contributed by atoms with van der Waals surface area (Å²) in [5.74, 6) is 1.66. The fourth-order valence-corrected chi connectivity index (χ4v) is 2.25. The fraction of sp³-hybridized carbons (Fsp3) is 0.412. The molecular weight excluding hydrogens is 262 g/mol. The van der Waals surface area contributed by atoms with E-state index in [9.17, 15) is 0 Å². The normalized spacial score (nSPS) is 10.6. The van der Waals surface area contributed by atoms with Crippen molar-refractivity contribution in [2.75, 3.05) is 19.0 Å². The van der Waals surface area contributed by atoms with Crippen LogP contribution in [0.5, 0.6) is 0 Å². The SMILES string of the molecule is CCCc1cc(NCC)nc(-c2cccc(COC)c2)n1. The molecule has 2 rings (SSSR count). The Balaban J connectivity index is 2.38. The molecule has 2 aromatic rings. The quantitative estimate of drug-likeness (QED) is 0.843. The molecule has 0 saturated heterocycles. The number of benzene rings is 1. The number of methoxy groups -OCH3 is 1. The zero-order valence-electron chi connectivity index (χ0n) is 13.0. The van der Waals surface area contributed by atoms with Gasteiger partial charge in [0.1, 0.15) is 5.82 Å². The highest BCUT2D eigenvalue weighted by atomic mass is 16.5. The molecule has 0 aliphatic rings. The second-order valence-corrected chi connectivity index (χ2v) is 4.98. The van der Waals surface area contributed by atoms with E-state index in [1.807, 2.05) is 24.3 Å². The number of nitrogens with zero attached hydrogens (tertiary/aromatic N) is 2. The number of nitrogens with one attached hydrogen (secondary N) is 1. The van der Waals surface area contributed by atoms with E-state index in [1.54, 1.807) is 7.11 Å². The summed E-state index contributed by atoms with van der Waals surface area (Å²) < 4.78 is 5.19. The second-order valence-electron chi connectivity index (χ2n) is 4.98. The number of aromatic nitrogens is 2. The van der Waals surface area contributed by atoms with Gasteiger partial charge in [0.05, 0.1) is 6.61 Å². The zero-order chi connectivity index (χ0) is 15.1. The highest BCUT2D eigenvalue weighted by Gasteiger charge is 2.07. The first-order chi connectivity index (χ1) is 10.3. The Labute approximate surface area is 126 Å². The van der Waals surface area contributed by atoms with Crippen LogP contribution in [0.3, 0.4) is 0 Å². The summed E-state index contributed by atoms with van der Waals surface area (Å²) >= 11 is 0. The maximum Gasteiger partial charge on any atom is 0.161 e. The summed E-state index contributed by atoms with van der Waals surface area (Å²) in [5, 5.41) is 3.28. The van der Waals surface area contributed by atoms with Crippen molar-refractivity contribution in [3.8, 4) is 11.4 Å². The summed E-state index contributed by atoms with van der Waals surface area (Å²) in [7, 11) is 1.70. The third kappa shape index (κ3) is 4.26. The average Bonchev–Trinajstić information content (AvgIpc) is 2.48. The molecule has 1 aromatic carbocycles. The molecule has 0 saturated carbocycles. The zero-order valence-corrected chi connectivity index (χ0v) is 13.0. The molecule has 0 aliphatic heterocycles. The first-order valence-electron chi connectivity index (χ1n) is 7.46. The van der Waals surface area contributed by atoms with E-state index < -0.39 is 0 Å². The third-order valence-electron chi connectivity index (χ3n) is 3.14. The van der Waals surface area contributed by atoms with Gasteiger partial charge < -0.3 is 10.1 Å². The first-order valence-corrected chi connectivity index (χ1v) is 7.46. The Bertz CT molecular complexity index is 560. The van der Waals surface area contributed by atoms with Crippen molar-refractivity contribution in [1.29, 1.82) is 0 Å². The van der Waals surface area contributed by atoms with Crippen LogP contribution < -0.4 is 5.32 Å². The molecule has 1 aromatic heterocycles. The molecule has 4 nitrogen and oxygen atoms in total. The van der Waals surface area contributed by atoms with E-state index in [0.29, 0.717) is 6.61 Å². The Morgan fingerprint density at radius 3 is 2.71 bits per heavy atom. The molecule has 112 valence electrons. The molecule has 0 fully saturated rings. The van der Waals surface area contributed by atoms with Crippen molar-refractivity contribution in [3.63, 3.8) is 0 Å². The van der Waals surface area contributed by atoms with Crippen LogP contribution >= 0.6 is 0 Å². The number of ether oxygens (including phenoxy) is 1. The largest absolute Gasteiger partial charge is 0.380 e. The highest BCUT2D eigenvalue weighted by Crippen LogP contribution is 2.20. The van der Waals surface area contributed by atoms with E-state index in [4.69, 9.17) is 4.74 Å². The predicted molar refractivity (Wildman–Crippen MR) is 86.3 cm³/mol. The molecule has 1 heterocycles. The maximum absolute atomic E-state index is 5.19. The van der Waals surface area contributed by atoms with Crippen molar-refractivity contribution in [2.24, 2.45) is 0 Å². The highest BCUT2D eigenvalue weighted by molar-refractivity contribution is 5.58. The van der Waals surface area contributed by atoms with Crippen LogP contribution in [0.4, 0.5) is 5.82 Å². The van der Waals surface area contributed by atoms with Crippen molar-refractivity contribution in [2.45, 2.75) is 33.3 Å². The van der Waals surface area contributed by atoms with Crippen molar-refractivity contribution < 1.29 is 4.74 Å². The van der Waals surface area contributed by atoms with Crippen molar-refractivity contribution >= 4 is 5.82 Å². The molecular formula is C17H23N3O. The van der Waals surface area contributed by atoms with E-state index in [1.165, 1.54) is 0 Å². The van der Waals surface area contributed by atoms with Gasteiger partial charge in [-0.15, -0.1) is 0 Å². The minimum Gasteiger partial charge on any atom is -0.380 e. The van der Waals surface area contributed by atoms with E-state index >= 15 is 0 Å². The molecule has 0 radical (unpaired) electrons. The molecule has 21 heavy (non-hydrogen) atoms. The minimum atomic E-state index is 0.600. The van der Waals surface area contributed by atoms with E-state index in [-0.39, 0.29) is 0 Å². The number of anilines is 1. The third-order valence-corrected chi connectivity index (χ3v) is 3.14. The first kappa shape index (κ1) is 15.4. The van der Waals surface area contributed by atoms with Gasteiger partial charge in [0.2, 0.25) is 0 Å². The second kappa shape index (κ2) is 7.74. The smallest absolute Gasteiger partial charge is 0.161 e. The number of hydrogen-bond donors (Lipinski definition) is 1. The minimum absolute atomic E-state index is 0.600. The Morgan fingerprint density at radius 1 is 1.14 bits per heavy atom. The van der Waals surface area contributed by atoms with E-state index in [0.717, 1.165) is 47.8 Å². The molecule has 0 bridgehead atoms. The van der Waals surface area contributed by atoms with E-state index in [2.05, 4.69) is 35.2 Å². The summed E-state index contributed by atoms with van der Waals surface area (Å²) in [4.78, 5) is 9.30. The van der Waals surface area contributed by atoms with Gasteiger partial charge >= 0.3 is 0 Å². The summed E-state index contributed by atoms with van der Waals surface area (Å²) in [6, 6.07) is 10.2. The van der Waals surface area contributed by atoms with Crippen molar-refractivity contribution in [3.05, 3.63) is 41.6 Å². The van der Waals surface area contributed by atoms with Gasteiger partial charge in [0.25, 0.3) is 0 Å². The molecule has 0 amide bonds. The van der Waals surface area contributed by atoms with Gasteiger partial charge in [-0.3, -0.25) is 0 Å². The lowest BCUT2D eigenvalue weighted by atomic mass is 10.1. The number of rotatable bonds is 7. The van der Waals surface area contributed by atoms with Gasteiger partial charge in [-0.25, -0.2) is 9.97 Å². The summed E-state index contributed by atoms with van der Waals surface area (Å²) in [6.45, 7) is 5.68. The summed E-state index contributed by atoms with van der Waals surface area (Å²) in [6.07, 6.45) is 2.04. The molecule has 0 unspecified atom stereocenters. The van der Waals surface area contributed by atoms with Gasteiger partial charge in [-0.2, -0.15) is 0 Å². The average molecular weight is 285 g/mol. The Kier molecular flexibility index (Phi) is 5.69. The Hall–Kier alpha value is -1.94. The van der Waals surface area contributed by atoms with Crippen LogP contribution in [-0.2, 0) is 17.8 Å². The van der Waals surface area contributed by atoms with Crippen LogP contribution in [0.1, 0.15) is 31.5 Å². The topological polar surface area (TPSA) is 47.0 Å². The molecule has 0 aliphatic carbocycles. The lowest BCUT2D eigenvalue weighted by Gasteiger charge is -2.09. The molecule has 0 spiro atoms. The lowest BCUT2D eigenvalue weighted by Crippen LogP contribution is -2.04.